The van der Waals surface area contributed by atoms with Crippen molar-refractivity contribution in [3.05, 3.63) is 65.0 Å². The summed E-state index contributed by atoms with van der Waals surface area (Å²) < 4.78 is 39.9. The second kappa shape index (κ2) is 10.7. The van der Waals surface area contributed by atoms with E-state index in [1.54, 1.807) is 24.3 Å². The Kier molecular flexibility index (Phi) is 8.94. The Morgan fingerprint density at radius 3 is 2.25 bits per heavy atom. The molecule has 0 heterocycles. The SMILES string of the molecule is CCCN(CC(=O)Nc1ccc(F)c(F)c1F)C(=O)c1ccc(CN)cc1.Cl. The lowest BCUT2D eigenvalue weighted by Crippen LogP contribution is -2.38. The number of benzene rings is 2. The summed E-state index contributed by atoms with van der Waals surface area (Å²) in [5, 5.41) is 2.16. The average molecular weight is 416 g/mol. The van der Waals surface area contributed by atoms with Gasteiger partial charge in [-0.15, -0.1) is 12.4 Å². The van der Waals surface area contributed by atoms with Gasteiger partial charge in [-0.05, 0) is 36.2 Å². The molecule has 5 nitrogen and oxygen atoms in total. The van der Waals surface area contributed by atoms with E-state index in [4.69, 9.17) is 5.73 Å². The van der Waals surface area contributed by atoms with E-state index in [0.717, 1.165) is 11.6 Å². The molecule has 2 aromatic carbocycles. The molecule has 0 aliphatic carbocycles. The first kappa shape index (κ1) is 23.5. The van der Waals surface area contributed by atoms with Crippen LogP contribution in [0.2, 0.25) is 0 Å². The molecule has 0 saturated carbocycles. The van der Waals surface area contributed by atoms with E-state index >= 15 is 0 Å². The zero-order valence-electron chi connectivity index (χ0n) is 15.2. The van der Waals surface area contributed by atoms with Crippen molar-refractivity contribution in [2.45, 2.75) is 19.9 Å². The lowest BCUT2D eigenvalue weighted by molar-refractivity contribution is -0.116. The molecule has 0 aromatic heterocycles. The van der Waals surface area contributed by atoms with Gasteiger partial charge in [-0.3, -0.25) is 9.59 Å². The van der Waals surface area contributed by atoms with Crippen molar-refractivity contribution >= 4 is 29.9 Å². The number of nitrogens with two attached hydrogens (primary N) is 1. The monoisotopic (exact) mass is 415 g/mol. The Labute approximate surface area is 167 Å². The number of halogens is 4. The number of nitrogens with zero attached hydrogens (tertiary/aromatic N) is 1. The second-order valence-electron chi connectivity index (χ2n) is 5.90. The number of carbonyl (C=O) groups is 2. The van der Waals surface area contributed by atoms with Crippen molar-refractivity contribution in [1.82, 2.24) is 4.90 Å². The van der Waals surface area contributed by atoms with Crippen LogP contribution in [-0.2, 0) is 11.3 Å². The summed E-state index contributed by atoms with van der Waals surface area (Å²) in [7, 11) is 0. The fraction of sp³-hybridized carbons (Fsp3) is 0.263. The lowest BCUT2D eigenvalue weighted by atomic mass is 10.1. The molecule has 152 valence electrons. The third-order valence-electron chi connectivity index (χ3n) is 3.86. The molecule has 0 aliphatic rings. The molecule has 2 amide bonds. The van der Waals surface area contributed by atoms with Gasteiger partial charge in [0.05, 0.1) is 5.69 Å². The highest BCUT2D eigenvalue weighted by Gasteiger charge is 2.20. The highest BCUT2D eigenvalue weighted by Crippen LogP contribution is 2.19. The largest absolute Gasteiger partial charge is 0.329 e. The molecule has 0 unspecified atom stereocenters. The molecule has 0 saturated heterocycles. The molecule has 2 rings (SSSR count). The number of hydrogen-bond donors (Lipinski definition) is 2. The van der Waals surface area contributed by atoms with E-state index in [-0.39, 0.29) is 24.9 Å². The minimum atomic E-state index is -1.67. The van der Waals surface area contributed by atoms with Gasteiger partial charge >= 0.3 is 0 Å². The zero-order chi connectivity index (χ0) is 20.0. The summed E-state index contributed by atoms with van der Waals surface area (Å²) in [6, 6.07) is 8.29. The standard InChI is InChI=1S/C19H20F3N3O2.ClH/c1-2-9-25(19(27)13-5-3-12(10-23)4-6-13)11-16(26)24-15-8-7-14(20)17(21)18(15)22;/h3-8H,2,9-11,23H2,1H3,(H,24,26);1H. The number of rotatable bonds is 7. The molecule has 0 aliphatic heterocycles. The summed E-state index contributed by atoms with van der Waals surface area (Å²) >= 11 is 0. The van der Waals surface area contributed by atoms with Crippen LogP contribution in [0.4, 0.5) is 18.9 Å². The molecule has 0 spiro atoms. The van der Waals surface area contributed by atoms with Crippen molar-refractivity contribution in [1.29, 1.82) is 0 Å². The van der Waals surface area contributed by atoms with Gasteiger partial charge in [-0.1, -0.05) is 19.1 Å². The second-order valence-corrected chi connectivity index (χ2v) is 5.90. The van der Waals surface area contributed by atoms with Crippen LogP contribution in [0.3, 0.4) is 0 Å². The first-order valence-corrected chi connectivity index (χ1v) is 8.39. The highest BCUT2D eigenvalue weighted by molar-refractivity contribution is 5.99. The predicted octanol–water partition coefficient (Wildman–Crippen LogP) is 3.48. The molecular formula is C19H21ClF3N3O2. The topological polar surface area (TPSA) is 75.4 Å². The van der Waals surface area contributed by atoms with E-state index in [2.05, 4.69) is 5.32 Å². The van der Waals surface area contributed by atoms with Crippen molar-refractivity contribution < 1.29 is 22.8 Å². The molecule has 2 aromatic rings. The van der Waals surface area contributed by atoms with Gasteiger partial charge in [0.2, 0.25) is 5.91 Å². The number of carbonyl (C=O) groups excluding carboxylic acids is 2. The Morgan fingerprint density at radius 1 is 1.04 bits per heavy atom. The minimum Gasteiger partial charge on any atom is -0.329 e. The number of amides is 2. The molecule has 0 atom stereocenters. The quantitative estimate of drug-likeness (QED) is 0.680. The highest BCUT2D eigenvalue weighted by atomic mass is 35.5. The Hall–Kier alpha value is -2.58. The van der Waals surface area contributed by atoms with E-state index in [0.29, 0.717) is 31.1 Å². The summed E-state index contributed by atoms with van der Waals surface area (Å²) in [4.78, 5) is 26.1. The van der Waals surface area contributed by atoms with Gasteiger partial charge < -0.3 is 16.0 Å². The van der Waals surface area contributed by atoms with Crippen molar-refractivity contribution in [3.8, 4) is 0 Å². The Bertz CT molecular complexity index is 832. The summed E-state index contributed by atoms with van der Waals surface area (Å²) in [5.74, 6) is -5.61. The van der Waals surface area contributed by atoms with Crippen molar-refractivity contribution in [2.75, 3.05) is 18.4 Å². The van der Waals surface area contributed by atoms with Gasteiger partial charge in [-0.25, -0.2) is 13.2 Å². The Balaban J connectivity index is 0.00000392. The van der Waals surface area contributed by atoms with Gasteiger partial charge in [0.25, 0.3) is 5.91 Å². The van der Waals surface area contributed by atoms with Crippen LogP contribution in [-0.4, -0.2) is 29.8 Å². The third kappa shape index (κ3) is 5.71. The van der Waals surface area contributed by atoms with E-state index in [1.807, 2.05) is 6.92 Å². The van der Waals surface area contributed by atoms with E-state index < -0.39 is 29.0 Å². The number of hydrogen-bond acceptors (Lipinski definition) is 3. The van der Waals surface area contributed by atoms with E-state index in [9.17, 15) is 22.8 Å². The lowest BCUT2D eigenvalue weighted by Gasteiger charge is -2.22. The fourth-order valence-corrected chi connectivity index (χ4v) is 2.47. The van der Waals surface area contributed by atoms with Gasteiger partial charge in [-0.2, -0.15) is 0 Å². The smallest absolute Gasteiger partial charge is 0.254 e. The molecule has 3 N–H and O–H groups in total. The van der Waals surface area contributed by atoms with Gasteiger partial charge in [0, 0.05) is 18.7 Å². The van der Waals surface area contributed by atoms with Crippen LogP contribution < -0.4 is 11.1 Å². The van der Waals surface area contributed by atoms with E-state index in [1.165, 1.54) is 4.90 Å². The maximum absolute atomic E-state index is 13.7. The van der Waals surface area contributed by atoms with Crippen LogP contribution in [0, 0.1) is 17.5 Å². The van der Waals surface area contributed by atoms with Crippen molar-refractivity contribution in [3.63, 3.8) is 0 Å². The van der Waals surface area contributed by atoms with Crippen LogP contribution in [0.5, 0.6) is 0 Å². The first-order valence-electron chi connectivity index (χ1n) is 8.39. The van der Waals surface area contributed by atoms with Crippen LogP contribution in [0.15, 0.2) is 36.4 Å². The molecule has 9 heteroatoms. The first-order chi connectivity index (χ1) is 12.9. The molecule has 0 bridgehead atoms. The molecule has 28 heavy (non-hydrogen) atoms. The third-order valence-corrected chi connectivity index (χ3v) is 3.86. The van der Waals surface area contributed by atoms with Gasteiger partial charge in [0.1, 0.15) is 6.54 Å². The van der Waals surface area contributed by atoms with Crippen LogP contribution in [0.1, 0.15) is 29.3 Å². The number of nitrogens with one attached hydrogen (secondary N) is 1. The van der Waals surface area contributed by atoms with Crippen LogP contribution in [0.25, 0.3) is 0 Å². The summed E-state index contributed by atoms with van der Waals surface area (Å²) in [5.41, 5.74) is 6.28. The Morgan fingerprint density at radius 2 is 1.68 bits per heavy atom. The maximum Gasteiger partial charge on any atom is 0.254 e. The average Bonchev–Trinajstić information content (AvgIpc) is 2.67. The molecule has 0 radical (unpaired) electrons. The maximum atomic E-state index is 13.7. The predicted molar refractivity (Wildman–Crippen MR) is 103 cm³/mol. The summed E-state index contributed by atoms with van der Waals surface area (Å²) in [6.45, 7) is 2.12. The minimum absolute atomic E-state index is 0. The van der Waals surface area contributed by atoms with Crippen molar-refractivity contribution in [2.24, 2.45) is 5.73 Å². The normalized spacial score (nSPS) is 10.2. The van der Waals surface area contributed by atoms with Gasteiger partial charge in [0.15, 0.2) is 17.5 Å². The number of anilines is 1. The fourth-order valence-electron chi connectivity index (χ4n) is 2.47. The molecule has 0 fully saturated rings. The molecular weight excluding hydrogens is 395 g/mol. The zero-order valence-corrected chi connectivity index (χ0v) is 16.0. The summed E-state index contributed by atoms with van der Waals surface area (Å²) in [6.07, 6.45) is 0.597. The van der Waals surface area contributed by atoms with Crippen LogP contribution >= 0.6 is 12.4 Å².